The lowest BCUT2D eigenvalue weighted by Crippen LogP contribution is -2.41. The highest BCUT2D eigenvalue weighted by atomic mass is 35.5. The molecule has 1 aromatic carbocycles. The molecule has 5 nitrogen and oxygen atoms in total. The molecule has 1 aliphatic rings. The van der Waals surface area contributed by atoms with Gasteiger partial charge in [-0.3, -0.25) is 0 Å². The largest absolute Gasteiger partial charge is 0.500 e. The fraction of sp³-hybridized carbons (Fsp3) is 0.471. The number of ether oxygens (including phenoxy) is 1. The first-order valence-electron chi connectivity index (χ1n) is 7.82. The Bertz CT molecular complexity index is 756. The van der Waals surface area contributed by atoms with Gasteiger partial charge in [-0.25, -0.2) is 0 Å². The van der Waals surface area contributed by atoms with Crippen LogP contribution in [0.25, 0.3) is 11.3 Å². The summed E-state index contributed by atoms with van der Waals surface area (Å²) in [5.41, 5.74) is 1.40. The Morgan fingerprint density at radius 1 is 1.12 bits per heavy atom. The van der Waals surface area contributed by atoms with Crippen LogP contribution in [0.4, 0.5) is 0 Å². The first kappa shape index (κ1) is 17.3. The van der Waals surface area contributed by atoms with E-state index in [0.717, 1.165) is 11.0 Å². The number of hydrogen-bond donors (Lipinski definition) is 0. The van der Waals surface area contributed by atoms with E-state index in [1.165, 1.54) is 0 Å². The Morgan fingerprint density at radius 3 is 2.29 bits per heavy atom. The maximum absolute atomic E-state index is 6.24. The Morgan fingerprint density at radius 2 is 1.75 bits per heavy atom. The molecule has 0 bridgehead atoms. The Hall–Kier alpha value is -1.50. The van der Waals surface area contributed by atoms with E-state index in [2.05, 4.69) is 5.16 Å². The normalized spacial score (nSPS) is 18.9. The van der Waals surface area contributed by atoms with Gasteiger partial charge in [-0.1, -0.05) is 16.8 Å². The molecule has 1 aromatic heterocycles. The minimum Gasteiger partial charge on any atom is -0.495 e. The standard InChI is InChI=1S/C17H21BClNO4/c1-10-14(18-23-16(2,3)17(4,5)24-18)15(20-22-10)11-7-8-13(21-6)12(19)9-11/h7-9H,1-6H3. The predicted molar refractivity (Wildman–Crippen MR) is 94.0 cm³/mol. The maximum atomic E-state index is 6.24. The molecule has 0 unspecified atom stereocenters. The number of hydrogen-bond acceptors (Lipinski definition) is 5. The number of rotatable bonds is 3. The van der Waals surface area contributed by atoms with Gasteiger partial charge >= 0.3 is 7.12 Å². The third kappa shape index (κ3) is 2.72. The summed E-state index contributed by atoms with van der Waals surface area (Å²) in [6, 6.07) is 5.48. The minimum absolute atomic E-state index is 0.434. The van der Waals surface area contributed by atoms with Crippen molar-refractivity contribution in [2.24, 2.45) is 0 Å². The lowest BCUT2D eigenvalue weighted by atomic mass is 9.76. The van der Waals surface area contributed by atoms with E-state index in [1.54, 1.807) is 19.2 Å². The van der Waals surface area contributed by atoms with Crippen LogP contribution in [-0.4, -0.2) is 30.6 Å². The van der Waals surface area contributed by atoms with Gasteiger partial charge in [-0.2, -0.15) is 0 Å². The number of methoxy groups -OCH3 is 1. The number of benzene rings is 1. The first-order chi connectivity index (χ1) is 11.2. The van der Waals surface area contributed by atoms with Crippen LogP contribution < -0.4 is 10.2 Å². The van der Waals surface area contributed by atoms with Crippen molar-refractivity contribution in [1.82, 2.24) is 5.16 Å². The molecule has 1 fully saturated rings. The summed E-state index contributed by atoms with van der Waals surface area (Å²) in [6.07, 6.45) is 0. The first-order valence-corrected chi connectivity index (χ1v) is 8.20. The van der Waals surface area contributed by atoms with Crippen LogP contribution in [0.1, 0.15) is 33.5 Å². The quantitative estimate of drug-likeness (QED) is 0.792. The Labute approximate surface area is 147 Å². The van der Waals surface area contributed by atoms with Crippen molar-refractivity contribution in [2.45, 2.75) is 45.8 Å². The molecule has 0 saturated carbocycles. The topological polar surface area (TPSA) is 53.7 Å². The summed E-state index contributed by atoms with van der Waals surface area (Å²) in [6.45, 7) is 9.90. The van der Waals surface area contributed by atoms with Crippen molar-refractivity contribution >= 4 is 24.2 Å². The molecule has 7 heteroatoms. The predicted octanol–water partition coefficient (Wildman–Crippen LogP) is 3.61. The zero-order valence-electron chi connectivity index (χ0n) is 14.8. The molecular formula is C17H21BClNO4. The van der Waals surface area contributed by atoms with Crippen molar-refractivity contribution in [2.75, 3.05) is 7.11 Å². The molecule has 128 valence electrons. The van der Waals surface area contributed by atoms with E-state index in [4.69, 9.17) is 30.2 Å². The van der Waals surface area contributed by atoms with Crippen LogP contribution in [-0.2, 0) is 9.31 Å². The molecule has 1 saturated heterocycles. The molecule has 2 aromatic rings. The zero-order valence-corrected chi connectivity index (χ0v) is 15.5. The molecule has 0 radical (unpaired) electrons. The molecular weight excluding hydrogens is 328 g/mol. The Kier molecular flexibility index (Phi) is 4.18. The Balaban J connectivity index is 2.03. The summed E-state index contributed by atoms with van der Waals surface area (Å²) >= 11 is 6.24. The van der Waals surface area contributed by atoms with Crippen molar-refractivity contribution in [1.29, 1.82) is 0 Å². The van der Waals surface area contributed by atoms with Crippen molar-refractivity contribution in [3.05, 3.63) is 29.0 Å². The number of nitrogens with zero attached hydrogens (tertiary/aromatic N) is 1. The van der Waals surface area contributed by atoms with Gasteiger partial charge in [0.25, 0.3) is 0 Å². The lowest BCUT2D eigenvalue weighted by Gasteiger charge is -2.32. The number of aryl methyl sites for hydroxylation is 1. The fourth-order valence-electron chi connectivity index (χ4n) is 2.64. The summed E-state index contributed by atoms with van der Waals surface area (Å²) < 4.78 is 22.9. The van der Waals surface area contributed by atoms with Crippen LogP contribution in [0, 0.1) is 6.92 Å². The lowest BCUT2D eigenvalue weighted by molar-refractivity contribution is 0.00578. The highest BCUT2D eigenvalue weighted by Crippen LogP contribution is 2.38. The number of aromatic nitrogens is 1. The van der Waals surface area contributed by atoms with Crippen LogP contribution in [0.15, 0.2) is 22.7 Å². The van der Waals surface area contributed by atoms with Gasteiger partial charge in [-0.15, -0.1) is 0 Å². The third-order valence-corrected chi connectivity index (χ3v) is 5.12. The average molecular weight is 350 g/mol. The van der Waals surface area contributed by atoms with Crippen LogP contribution in [0.3, 0.4) is 0 Å². The van der Waals surface area contributed by atoms with Gasteiger partial charge < -0.3 is 18.6 Å². The maximum Gasteiger partial charge on any atom is 0.500 e. The smallest absolute Gasteiger partial charge is 0.495 e. The fourth-order valence-corrected chi connectivity index (χ4v) is 2.90. The highest BCUT2D eigenvalue weighted by Gasteiger charge is 2.53. The molecule has 0 amide bonds. The molecule has 0 aliphatic carbocycles. The van der Waals surface area contributed by atoms with E-state index in [0.29, 0.717) is 22.2 Å². The van der Waals surface area contributed by atoms with Gasteiger partial charge in [0, 0.05) is 5.56 Å². The van der Waals surface area contributed by atoms with E-state index < -0.39 is 18.3 Å². The monoisotopic (exact) mass is 349 g/mol. The van der Waals surface area contributed by atoms with Crippen molar-refractivity contribution < 1.29 is 18.6 Å². The molecule has 3 rings (SSSR count). The summed E-state index contributed by atoms with van der Waals surface area (Å²) in [5.74, 6) is 1.27. The van der Waals surface area contributed by atoms with Gasteiger partial charge in [-0.05, 0) is 52.8 Å². The highest BCUT2D eigenvalue weighted by molar-refractivity contribution is 6.64. The second kappa shape index (κ2) is 5.79. The second-order valence-electron chi connectivity index (χ2n) is 6.94. The van der Waals surface area contributed by atoms with Gasteiger partial charge in [0.15, 0.2) is 0 Å². The van der Waals surface area contributed by atoms with E-state index >= 15 is 0 Å². The molecule has 24 heavy (non-hydrogen) atoms. The second-order valence-corrected chi connectivity index (χ2v) is 7.35. The van der Waals surface area contributed by atoms with Crippen LogP contribution in [0.2, 0.25) is 5.02 Å². The molecule has 0 atom stereocenters. The van der Waals surface area contributed by atoms with Gasteiger partial charge in [0.05, 0.1) is 28.8 Å². The molecule has 0 spiro atoms. The van der Waals surface area contributed by atoms with Crippen molar-refractivity contribution in [3.8, 4) is 17.0 Å². The van der Waals surface area contributed by atoms with Gasteiger partial charge in [0.2, 0.25) is 0 Å². The SMILES string of the molecule is COc1ccc(-c2noc(C)c2B2OC(C)(C)C(C)(C)O2)cc1Cl. The summed E-state index contributed by atoms with van der Waals surface area (Å²) in [7, 11) is 1.04. The zero-order chi connectivity index (χ0) is 17.7. The van der Waals surface area contributed by atoms with E-state index in [9.17, 15) is 0 Å². The van der Waals surface area contributed by atoms with E-state index in [-0.39, 0.29) is 0 Å². The van der Waals surface area contributed by atoms with Gasteiger partial charge in [0.1, 0.15) is 17.2 Å². The van der Waals surface area contributed by atoms with E-state index in [1.807, 2.05) is 40.7 Å². The molecule has 2 heterocycles. The van der Waals surface area contributed by atoms with Crippen molar-refractivity contribution in [3.63, 3.8) is 0 Å². The summed E-state index contributed by atoms with van der Waals surface area (Å²) in [5, 5.41) is 4.70. The molecule has 0 N–H and O–H groups in total. The average Bonchev–Trinajstić information content (AvgIpc) is 2.96. The number of halogens is 1. The molecule has 1 aliphatic heterocycles. The van der Waals surface area contributed by atoms with Crippen LogP contribution >= 0.6 is 11.6 Å². The summed E-state index contributed by atoms with van der Waals surface area (Å²) in [4.78, 5) is 0. The minimum atomic E-state index is -0.544. The third-order valence-electron chi connectivity index (χ3n) is 4.82. The van der Waals surface area contributed by atoms with Crippen LogP contribution in [0.5, 0.6) is 5.75 Å².